The van der Waals surface area contributed by atoms with Crippen LogP contribution in [0, 0.1) is 5.92 Å². The maximum absolute atomic E-state index is 12.1. The number of likely N-dealkylation sites (tertiary alicyclic amines) is 1. The van der Waals surface area contributed by atoms with E-state index in [0.29, 0.717) is 17.5 Å². The molecule has 0 radical (unpaired) electrons. The summed E-state index contributed by atoms with van der Waals surface area (Å²) in [5.41, 5.74) is 0.658. The topological polar surface area (TPSA) is 29.5 Å². The molecular formula is C15H19NO2. The predicted octanol–water partition coefficient (Wildman–Crippen LogP) is 2.33. The molecule has 1 aliphatic carbocycles. The van der Waals surface area contributed by atoms with Crippen molar-refractivity contribution in [2.24, 2.45) is 5.92 Å². The van der Waals surface area contributed by atoms with Crippen LogP contribution in [-0.2, 0) is 4.74 Å². The Hall–Kier alpha value is -1.35. The number of hydrogen-bond acceptors (Lipinski definition) is 3. The Morgan fingerprint density at radius 2 is 2.00 bits per heavy atom. The largest absolute Gasteiger partial charge is 0.457 e. The number of hydrogen-bond donors (Lipinski definition) is 0. The Labute approximate surface area is 108 Å². The number of likely N-dealkylation sites (N-methyl/N-ethyl adjacent to an activating group) is 1. The lowest BCUT2D eigenvalue weighted by Crippen LogP contribution is -2.47. The number of benzene rings is 1. The van der Waals surface area contributed by atoms with Gasteiger partial charge in [-0.1, -0.05) is 18.2 Å². The van der Waals surface area contributed by atoms with Crippen molar-refractivity contribution in [2.75, 3.05) is 13.6 Å². The summed E-state index contributed by atoms with van der Waals surface area (Å²) in [5, 5.41) is 0. The van der Waals surface area contributed by atoms with Gasteiger partial charge in [0.2, 0.25) is 0 Å². The van der Waals surface area contributed by atoms with Gasteiger partial charge in [0.15, 0.2) is 0 Å². The van der Waals surface area contributed by atoms with Crippen molar-refractivity contribution < 1.29 is 9.53 Å². The predicted molar refractivity (Wildman–Crippen MR) is 69.4 cm³/mol. The molecule has 1 aromatic carbocycles. The van der Waals surface area contributed by atoms with Crippen molar-refractivity contribution in [2.45, 2.75) is 31.4 Å². The molecule has 0 N–H and O–H groups in total. The number of ether oxygens (including phenoxy) is 1. The quantitative estimate of drug-likeness (QED) is 0.749. The molecule has 0 amide bonds. The number of fused-ring (bicyclic) bond motifs is 2. The first-order valence-electron chi connectivity index (χ1n) is 6.72. The van der Waals surface area contributed by atoms with E-state index in [2.05, 4.69) is 11.9 Å². The van der Waals surface area contributed by atoms with Gasteiger partial charge in [-0.2, -0.15) is 0 Å². The summed E-state index contributed by atoms with van der Waals surface area (Å²) in [7, 11) is 2.13. The lowest BCUT2D eigenvalue weighted by atomic mass is 9.96. The third kappa shape index (κ3) is 2.03. The van der Waals surface area contributed by atoms with Gasteiger partial charge >= 0.3 is 5.97 Å². The smallest absolute Gasteiger partial charge is 0.338 e. The second-order valence-electron chi connectivity index (χ2n) is 5.41. The molecule has 96 valence electrons. The zero-order chi connectivity index (χ0) is 12.5. The first kappa shape index (κ1) is 11.7. The maximum Gasteiger partial charge on any atom is 0.338 e. The molecule has 3 atom stereocenters. The fourth-order valence-corrected chi connectivity index (χ4v) is 3.28. The van der Waals surface area contributed by atoms with Crippen molar-refractivity contribution in [3.05, 3.63) is 35.9 Å². The third-order valence-corrected chi connectivity index (χ3v) is 4.35. The molecule has 3 heteroatoms. The molecular weight excluding hydrogens is 226 g/mol. The zero-order valence-electron chi connectivity index (χ0n) is 10.7. The SMILES string of the molecule is CN1CCC2CCC1C2OC(=O)c1ccccc1. The van der Waals surface area contributed by atoms with Crippen LogP contribution in [0.4, 0.5) is 0 Å². The van der Waals surface area contributed by atoms with Gasteiger partial charge in [0.25, 0.3) is 0 Å². The average molecular weight is 245 g/mol. The van der Waals surface area contributed by atoms with Crippen LogP contribution in [0.25, 0.3) is 0 Å². The number of carbonyl (C=O) groups excluding carboxylic acids is 1. The molecule has 2 aliphatic rings. The molecule has 2 fully saturated rings. The van der Waals surface area contributed by atoms with Gasteiger partial charge in [-0.15, -0.1) is 0 Å². The second-order valence-corrected chi connectivity index (χ2v) is 5.41. The highest BCUT2D eigenvalue weighted by atomic mass is 16.5. The van der Waals surface area contributed by atoms with Crippen molar-refractivity contribution in [3.8, 4) is 0 Å². The van der Waals surface area contributed by atoms with Crippen LogP contribution in [-0.4, -0.2) is 36.6 Å². The third-order valence-electron chi connectivity index (χ3n) is 4.35. The molecule has 3 rings (SSSR count). The highest BCUT2D eigenvalue weighted by Crippen LogP contribution is 2.38. The molecule has 1 aromatic rings. The minimum atomic E-state index is -0.173. The number of piperidine rings is 1. The van der Waals surface area contributed by atoms with Gasteiger partial charge in [-0.05, 0) is 50.9 Å². The number of esters is 1. The Bertz CT molecular complexity index is 431. The van der Waals surface area contributed by atoms with Gasteiger partial charge in [0.1, 0.15) is 6.10 Å². The van der Waals surface area contributed by atoms with E-state index in [1.807, 2.05) is 30.3 Å². The molecule has 3 unspecified atom stereocenters. The summed E-state index contributed by atoms with van der Waals surface area (Å²) in [6.07, 6.45) is 3.60. The molecule has 0 spiro atoms. The molecule has 3 nitrogen and oxygen atoms in total. The molecule has 18 heavy (non-hydrogen) atoms. The van der Waals surface area contributed by atoms with Crippen molar-refractivity contribution >= 4 is 5.97 Å². The molecule has 0 aromatic heterocycles. The van der Waals surface area contributed by atoms with Crippen molar-refractivity contribution in [1.82, 2.24) is 4.90 Å². The fourth-order valence-electron chi connectivity index (χ4n) is 3.28. The minimum absolute atomic E-state index is 0.0939. The van der Waals surface area contributed by atoms with Gasteiger partial charge < -0.3 is 4.74 Å². The highest BCUT2D eigenvalue weighted by Gasteiger charge is 2.44. The average Bonchev–Trinajstić information content (AvgIpc) is 2.69. The lowest BCUT2D eigenvalue weighted by Gasteiger charge is -2.36. The fraction of sp³-hybridized carbons (Fsp3) is 0.533. The summed E-state index contributed by atoms with van der Waals surface area (Å²) in [6, 6.07) is 9.72. The summed E-state index contributed by atoms with van der Waals surface area (Å²) < 4.78 is 5.75. The second kappa shape index (κ2) is 4.73. The number of rotatable bonds is 2. The van der Waals surface area contributed by atoms with E-state index >= 15 is 0 Å². The normalized spacial score (nSPS) is 31.3. The molecule has 1 saturated heterocycles. The summed E-state index contributed by atoms with van der Waals surface area (Å²) in [6.45, 7) is 1.13. The summed E-state index contributed by atoms with van der Waals surface area (Å²) in [4.78, 5) is 14.4. The van der Waals surface area contributed by atoms with Crippen LogP contribution in [0.1, 0.15) is 29.6 Å². The van der Waals surface area contributed by atoms with E-state index in [1.165, 1.54) is 6.42 Å². The first-order chi connectivity index (χ1) is 8.75. The van der Waals surface area contributed by atoms with Crippen LogP contribution in [0.2, 0.25) is 0 Å². The van der Waals surface area contributed by atoms with Crippen LogP contribution < -0.4 is 0 Å². The Balaban J connectivity index is 1.72. The van der Waals surface area contributed by atoms with E-state index in [4.69, 9.17) is 4.74 Å². The van der Waals surface area contributed by atoms with Crippen molar-refractivity contribution in [1.29, 1.82) is 0 Å². The highest BCUT2D eigenvalue weighted by molar-refractivity contribution is 5.89. The number of carbonyl (C=O) groups is 1. The van der Waals surface area contributed by atoms with E-state index in [1.54, 1.807) is 0 Å². The minimum Gasteiger partial charge on any atom is -0.457 e. The van der Waals surface area contributed by atoms with Crippen LogP contribution in [0.15, 0.2) is 30.3 Å². The van der Waals surface area contributed by atoms with Gasteiger partial charge in [0.05, 0.1) is 5.56 Å². The van der Waals surface area contributed by atoms with Crippen LogP contribution in [0.5, 0.6) is 0 Å². The van der Waals surface area contributed by atoms with Gasteiger partial charge in [0, 0.05) is 6.04 Å². The molecule has 1 saturated carbocycles. The van der Waals surface area contributed by atoms with Gasteiger partial charge in [-0.25, -0.2) is 4.79 Å². The Morgan fingerprint density at radius 3 is 2.78 bits per heavy atom. The van der Waals surface area contributed by atoms with Crippen molar-refractivity contribution in [3.63, 3.8) is 0 Å². The van der Waals surface area contributed by atoms with E-state index in [9.17, 15) is 4.79 Å². The summed E-state index contributed by atoms with van der Waals surface area (Å²) in [5.74, 6) is 0.395. The molecule has 1 heterocycles. The van der Waals surface area contributed by atoms with E-state index < -0.39 is 0 Å². The van der Waals surface area contributed by atoms with E-state index in [0.717, 1.165) is 19.4 Å². The Morgan fingerprint density at radius 1 is 1.22 bits per heavy atom. The zero-order valence-corrected chi connectivity index (χ0v) is 10.7. The lowest BCUT2D eigenvalue weighted by molar-refractivity contribution is -0.0195. The van der Waals surface area contributed by atoms with E-state index in [-0.39, 0.29) is 12.1 Å². The molecule has 1 aliphatic heterocycles. The first-order valence-corrected chi connectivity index (χ1v) is 6.72. The van der Waals surface area contributed by atoms with Gasteiger partial charge in [-0.3, -0.25) is 4.90 Å². The Kier molecular flexibility index (Phi) is 3.08. The monoisotopic (exact) mass is 245 g/mol. The van der Waals surface area contributed by atoms with Crippen LogP contribution >= 0.6 is 0 Å². The summed E-state index contributed by atoms with van der Waals surface area (Å²) >= 11 is 0. The number of nitrogens with zero attached hydrogens (tertiary/aromatic N) is 1. The standard InChI is InChI=1S/C15H19NO2/c1-16-10-9-11-7-8-13(16)14(11)18-15(17)12-5-3-2-4-6-12/h2-6,11,13-14H,7-10H2,1H3. The maximum atomic E-state index is 12.1. The van der Waals surface area contributed by atoms with Crippen LogP contribution in [0.3, 0.4) is 0 Å². The molecule has 2 bridgehead atoms.